The van der Waals surface area contributed by atoms with E-state index in [1.807, 2.05) is 0 Å². The van der Waals surface area contributed by atoms with E-state index in [-0.39, 0.29) is 11.1 Å². The molecule has 0 radical (unpaired) electrons. The first-order valence-electron chi connectivity index (χ1n) is 5.74. The molecule has 1 aromatic heterocycles. The standard InChI is InChI=1S/C12H17NO3/c1-8-9(10(14)15)13-11(16-8)12(2)6-4-3-5-7-12/h3-7H2,1-2H3,(H,14,15). The number of nitrogens with zero attached hydrogens (tertiary/aromatic N) is 1. The molecule has 0 aromatic carbocycles. The zero-order valence-electron chi connectivity index (χ0n) is 9.75. The zero-order chi connectivity index (χ0) is 11.8. The van der Waals surface area contributed by atoms with Crippen molar-refractivity contribution in [3.05, 3.63) is 17.3 Å². The Hall–Kier alpha value is -1.32. The summed E-state index contributed by atoms with van der Waals surface area (Å²) in [6, 6.07) is 0. The molecule has 0 unspecified atom stereocenters. The predicted molar refractivity (Wildman–Crippen MR) is 58.6 cm³/mol. The maximum atomic E-state index is 10.9. The molecule has 1 aliphatic rings. The van der Waals surface area contributed by atoms with Crippen LogP contribution in [0.15, 0.2) is 4.42 Å². The van der Waals surface area contributed by atoms with Crippen LogP contribution in [0.5, 0.6) is 0 Å². The average Bonchev–Trinajstić information content (AvgIpc) is 2.62. The van der Waals surface area contributed by atoms with Crippen LogP contribution >= 0.6 is 0 Å². The number of oxazole rings is 1. The first-order chi connectivity index (χ1) is 7.53. The molecule has 0 aliphatic heterocycles. The number of rotatable bonds is 2. The third-order valence-electron chi connectivity index (χ3n) is 3.47. The third kappa shape index (κ3) is 1.84. The summed E-state index contributed by atoms with van der Waals surface area (Å²) in [6.45, 7) is 3.77. The summed E-state index contributed by atoms with van der Waals surface area (Å²) in [5.74, 6) is 0.00306. The van der Waals surface area contributed by atoms with Crippen LogP contribution in [-0.2, 0) is 5.41 Å². The molecule has 1 fully saturated rings. The van der Waals surface area contributed by atoms with Gasteiger partial charge < -0.3 is 9.52 Å². The monoisotopic (exact) mass is 223 g/mol. The van der Waals surface area contributed by atoms with Crippen molar-refractivity contribution in [1.29, 1.82) is 0 Å². The zero-order valence-corrected chi connectivity index (χ0v) is 9.75. The Labute approximate surface area is 94.7 Å². The molecule has 1 N–H and O–H groups in total. The van der Waals surface area contributed by atoms with E-state index in [4.69, 9.17) is 9.52 Å². The van der Waals surface area contributed by atoms with E-state index >= 15 is 0 Å². The SMILES string of the molecule is Cc1oc(C2(C)CCCCC2)nc1C(=O)O. The highest BCUT2D eigenvalue weighted by Gasteiger charge is 2.34. The molecule has 16 heavy (non-hydrogen) atoms. The van der Waals surface area contributed by atoms with Gasteiger partial charge >= 0.3 is 5.97 Å². The Morgan fingerprint density at radius 3 is 2.50 bits per heavy atom. The number of hydrogen-bond donors (Lipinski definition) is 1. The number of aryl methyl sites for hydroxylation is 1. The third-order valence-corrected chi connectivity index (χ3v) is 3.47. The van der Waals surface area contributed by atoms with E-state index in [2.05, 4.69) is 11.9 Å². The van der Waals surface area contributed by atoms with E-state index in [9.17, 15) is 4.79 Å². The lowest BCUT2D eigenvalue weighted by atomic mass is 9.76. The Morgan fingerprint density at radius 2 is 2.00 bits per heavy atom. The van der Waals surface area contributed by atoms with Gasteiger partial charge in [-0.15, -0.1) is 0 Å². The van der Waals surface area contributed by atoms with Gasteiger partial charge in [-0.3, -0.25) is 0 Å². The molecule has 2 rings (SSSR count). The van der Waals surface area contributed by atoms with E-state index in [0.717, 1.165) is 12.8 Å². The van der Waals surface area contributed by atoms with Gasteiger partial charge in [-0.2, -0.15) is 0 Å². The Bertz CT molecular complexity index is 402. The molecule has 0 atom stereocenters. The molecule has 4 heteroatoms. The highest BCUT2D eigenvalue weighted by molar-refractivity contribution is 5.86. The fraction of sp³-hybridized carbons (Fsp3) is 0.667. The second kappa shape index (κ2) is 3.92. The highest BCUT2D eigenvalue weighted by atomic mass is 16.4. The van der Waals surface area contributed by atoms with Gasteiger partial charge in [0.2, 0.25) is 5.89 Å². The minimum absolute atomic E-state index is 0.0572. The second-order valence-corrected chi connectivity index (χ2v) is 4.85. The quantitative estimate of drug-likeness (QED) is 0.837. The van der Waals surface area contributed by atoms with Crippen LogP contribution in [0.1, 0.15) is 61.2 Å². The number of carboxylic acids is 1. The molecule has 0 spiro atoms. The minimum Gasteiger partial charge on any atom is -0.476 e. The maximum absolute atomic E-state index is 10.9. The second-order valence-electron chi connectivity index (χ2n) is 4.85. The first-order valence-corrected chi connectivity index (χ1v) is 5.74. The van der Waals surface area contributed by atoms with Gasteiger partial charge in [0, 0.05) is 5.41 Å². The van der Waals surface area contributed by atoms with Gasteiger partial charge in [0.25, 0.3) is 0 Å². The van der Waals surface area contributed by atoms with Crippen molar-refractivity contribution in [1.82, 2.24) is 4.98 Å². The van der Waals surface area contributed by atoms with E-state index in [0.29, 0.717) is 11.7 Å². The van der Waals surface area contributed by atoms with Gasteiger partial charge in [-0.05, 0) is 19.8 Å². The lowest BCUT2D eigenvalue weighted by molar-refractivity contribution is 0.0689. The van der Waals surface area contributed by atoms with Crippen molar-refractivity contribution in [2.75, 3.05) is 0 Å². The van der Waals surface area contributed by atoms with Crippen molar-refractivity contribution in [3.8, 4) is 0 Å². The average molecular weight is 223 g/mol. The molecule has 0 bridgehead atoms. The fourth-order valence-corrected chi connectivity index (χ4v) is 2.40. The summed E-state index contributed by atoms with van der Waals surface area (Å²) in [7, 11) is 0. The van der Waals surface area contributed by atoms with Gasteiger partial charge in [0.05, 0.1) is 0 Å². The lowest BCUT2D eigenvalue weighted by Gasteiger charge is -2.30. The normalized spacial score (nSPS) is 19.6. The predicted octanol–water partition coefficient (Wildman–Crippen LogP) is 2.90. The van der Waals surface area contributed by atoms with Crippen LogP contribution in [0.3, 0.4) is 0 Å². The molecular formula is C12H17NO3. The van der Waals surface area contributed by atoms with Crippen LogP contribution in [-0.4, -0.2) is 16.1 Å². The minimum atomic E-state index is -1.01. The maximum Gasteiger partial charge on any atom is 0.358 e. The number of carboxylic acid groups (broad SMARTS) is 1. The van der Waals surface area contributed by atoms with Crippen LogP contribution < -0.4 is 0 Å². The van der Waals surface area contributed by atoms with Gasteiger partial charge in [-0.25, -0.2) is 9.78 Å². The van der Waals surface area contributed by atoms with Gasteiger partial charge in [0.1, 0.15) is 5.76 Å². The van der Waals surface area contributed by atoms with Crippen molar-refractivity contribution < 1.29 is 14.3 Å². The molecule has 1 aliphatic carbocycles. The smallest absolute Gasteiger partial charge is 0.358 e. The van der Waals surface area contributed by atoms with E-state index < -0.39 is 5.97 Å². The van der Waals surface area contributed by atoms with Crippen molar-refractivity contribution >= 4 is 5.97 Å². The molecule has 0 saturated heterocycles. The molecule has 1 aromatic rings. The Kier molecular flexibility index (Phi) is 2.74. The number of carbonyl (C=O) groups is 1. The van der Waals surface area contributed by atoms with Gasteiger partial charge in [-0.1, -0.05) is 26.2 Å². The Morgan fingerprint density at radius 1 is 1.38 bits per heavy atom. The summed E-state index contributed by atoms with van der Waals surface area (Å²) in [6.07, 6.45) is 5.65. The first kappa shape index (κ1) is 11.2. The number of aromatic carboxylic acids is 1. The van der Waals surface area contributed by atoms with Crippen LogP contribution in [0.2, 0.25) is 0 Å². The summed E-state index contributed by atoms with van der Waals surface area (Å²) >= 11 is 0. The van der Waals surface area contributed by atoms with E-state index in [1.165, 1.54) is 19.3 Å². The molecule has 4 nitrogen and oxygen atoms in total. The number of aromatic nitrogens is 1. The molecule has 0 amide bonds. The lowest BCUT2D eigenvalue weighted by Crippen LogP contribution is -2.25. The fourth-order valence-electron chi connectivity index (χ4n) is 2.40. The summed E-state index contributed by atoms with van der Waals surface area (Å²) in [4.78, 5) is 15.0. The largest absolute Gasteiger partial charge is 0.476 e. The van der Waals surface area contributed by atoms with Gasteiger partial charge in [0.15, 0.2) is 5.69 Å². The van der Waals surface area contributed by atoms with Crippen molar-refractivity contribution in [3.63, 3.8) is 0 Å². The molecule has 88 valence electrons. The van der Waals surface area contributed by atoms with Crippen molar-refractivity contribution in [2.45, 2.75) is 51.4 Å². The number of hydrogen-bond acceptors (Lipinski definition) is 3. The van der Waals surface area contributed by atoms with E-state index in [1.54, 1.807) is 6.92 Å². The summed E-state index contributed by atoms with van der Waals surface area (Å²) in [5, 5.41) is 8.94. The van der Waals surface area contributed by atoms with Crippen LogP contribution in [0.4, 0.5) is 0 Å². The highest BCUT2D eigenvalue weighted by Crippen LogP contribution is 2.38. The summed E-state index contributed by atoms with van der Waals surface area (Å²) in [5.41, 5.74) is -0.0155. The van der Waals surface area contributed by atoms with Crippen molar-refractivity contribution in [2.24, 2.45) is 0 Å². The molecular weight excluding hydrogens is 206 g/mol. The van der Waals surface area contributed by atoms with Crippen LogP contribution in [0.25, 0.3) is 0 Å². The molecule has 1 saturated carbocycles. The van der Waals surface area contributed by atoms with Crippen LogP contribution in [0, 0.1) is 6.92 Å². The molecule has 1 heterocycles. The Balaban J connectivity index is 2.33. The topological polar surface area (TPSA) is 63.3 Å². The summed E-state index contributed by atoms with van der Waals surface area (Å²) < 4.78 is 5.53.